The van der Waals surface area contributed by atoms with E-state index >= 15 is 0 Å². The Morgan fingerprint density at radius 2 is 1.50 bits per heavy atom. The Balaban J connectivity index is 2.10. The highest BCUT2D eigenvalue weighted by atomic mass is 35.5. The topological polar surface area (TPSA) is 72.9 Å². The van der Waals surface area contributed by atoms with Crippen LogP contribution in [0.5, 0.6) is 11.5 Å². The number of benzene rings is 2. The minimum absolute atomic E-state index is 0.0608. The first-order chi connectivity index (χ1) is 16.7. The van der Waals surface area contributed by atoms with Crippen molar-refractivity contribution in [3.8, 4) is 11.5 Å². The average Bonchev–Trinajstić information content (AvgIpc) is 2.79. The fourth-order valence-electron chi connectivity index (χ4n) is 3.53. The van der Waals surface area contributed by atoms with Crippen molar-refractivity contribution in [2.75, 3.05) is 31.9 Å². The zero-order valence-corrected chi connectivity index (χ0v) is 24.6. The van der Waals surface area contributed by atoms with Gasteiger partial charge < -0.3 is 9.47 Å². The summed E-state index contributed by atoms with van der Waals surface area (Å²) in [5.41, 5.74) is 1.56. The van der Waals surface area contributed by atoms with Crippen molar-refractivity contribution < 1.29 is 22.7 Å². The maximum absolute atomic E-state index is 11.8. The Bertz CT molecular complexity index is 1130. The van der Waals surface area contributed by atoms with Crippen LogP contribution >= 0.6 is 34.8 Å². The SMILES string of the molecule is CC(=O)N(C[C@@H](C)COc1ccc(C(C)(C)c2cc(Cl)c(OC[C@@H](C)CCl)c(Cl)c2)cc1)S(C)(=O)=O. The van der Waals surface area contributed by atoms with Crippen molar-refractivity contribution in [3.63, 3.8) is 0 Å². The van der Waals surface area contributed by atoms with E-state index in [0.717, 1.165) is 21.7 Å². The van der Waals surface area contributed by atoms with Gasteiger partial charge in [0, 0.05) is 36.6 Å². The van der Waals surface area contributed by atoms with Crippen molar-refractivity contribution in [2.45, 2.75) is 40.0 Å². The second-order valence-corrected chi connectivity index (χ2v) is 12.7. The predicted molar refractivity (Wildman–Crippen MR) is 147 cm³/mol. The third kappa shape index (κ3) is 8.17. The van der Waals surface area contributed by atoms with E-state index in [2.05, 4.69) is 13.8 Å². The van der Waals surface area contributed by atoms with Gasteiger partial charge in [0.1, 0.15) is 5.75 Å². The van der Waals surface area contributed by atoms with Gasteiger partial charge in [0.25, 0.3) is 0 Å². The average molecular weight is 579 g/mol. The Morgan fingerprint density at radius 1 is 0.972 bits per heavy atom. The minimum Gasteiger partial charge on any atom is -0.493 e. The van der Waals surface area contributed by atoms with E-state index in [-0.39, 0.29) is 25.0 Å². The number of rotatable bonds is 12. The molecular weight excluding hydrogens is 545 g/mol. The van der Waals surface area contributed by atoms with Crippen LogP contribution in [-0.2, 0) is 20.2 Å². The number of ether oxygens (including phenoxy) is 2. The summed E-state index contributed by atoms with van der Waals surface area (Å²) in [4.78, 5) is 11.7. The van der Waals surface area contributed by atoms with Crippen molar-refractivity contribution in [1.82, 2.24) is 4.31 Å². The zero-order chi connectivity index (χ0) is 27.3. The summed E-state index contributed by atoms with van der Waals surface area (Å²) in [6.45, 7) is 9.94. The van der Waals surface area contributed by atoms with Crippen molar-refractivity contribution in [2.24, 2.45) is 11.8 Å². The van der Waals surface area contributed by atoms with Crippen LogP contribution in [0, 0.1) is 11.8 Å². The van der Waals surface area contributed by atoms with Gasteiger partial charge in [0.15, 0.2) is 5.75 Å². The Labute approximate surface area is 229 Å². The molecule has 0 fully saturated rings. The quantitative estimate of drug-likeness (QED) is 0.273. The van der Waals surface area contributed by atoms with Gasteiger partial charge in [-0.25, -0.2) is 12.7 Å². The Hall–Kier alpha value is -1.67. The summed E-state index contributed by atoms with van der Waals surface area (Å²) < 4.78 is 36.1. The second-order valence-electron chi connectivity index (χ2n) is 9.72. The molecule has 10 heteroatoms. The molecule has 0 radical (unpaired) electrons. The van der Waals surface area contributed by atoms with Gasteiger partial charge in [-0.3, -0.25) is 4.79 Å². The summed E-state index contributed by atoms with van der Waals surface area (Å²) in [5, 5.41) is 0.880. The van der Waals surface area contributed by atoms with E-state index in [4.69, 9.17) is 44.3 Å². The molecular formula is C26H34Cl3NO5S. The van der Waals surface area contributed by atoms with Gasteiger partial charge in [0.2, 0.25) is 15.9 Å². The lowest BCUT2D eigenvalue weighted by Gasteiger charge is -2.27. The number of alkyl halides is 1. The number of carbonyl (C=O) groups excluding carboxylic acids is 1. The molecule has 0 aliphatic carbocycles. The molecule has 2 atom stereocenters. The normalized spacial score (nSPS) is 13.7. The van der Waals surface area contributed by atoms with E-state index in [0.29, 0.717) is 34.0 Å². The number of hydrogen-bond acceptors (Lipinski definition) is 5. The lowest BCUT2D eigenvalue weighted by atomic mass is 9.78. The van der Waals surface area contributed by atoms with Crippen LogP contribution in [0.1, 0.15) is 45.7 Å². The fourth-order valence-corrected chi connectivity index (χ4v) is 5.21. The number of amides is 1. The Kier molecular flexibility index (Phi) is 10.8. The molecule has 0 bridgehead atoms. The van der Waals surface area contributed by atoms with Gasteiger partial charge in [-0.2, -0.15) is 0 Å². The number of carbonyl (C=O) groups is 1. The number of sulfonamides is 1. The van der Waals surface area contributed by atoms with Gasteiger partial charge >= 0.3 is 0 Å². The molecule has 0 spiro atoms. The van der Waals surface area contributed by atoms with Gasteiger partial charge in [0.05, 0.1) is 29.5 Å². The molecule has 0 N–H and O–H groups in total. The summed E-state index contributed by atoms with van der Waals surface area (Å²) in [5.74, 6) is 1.05. The third-order valence-electron chi connectivity index (χ3n) is 5.84. The second kappa shape index (κ2) is 12.7. The molecule has 2 aromatic carbocycles. The van der Waals surface area contributed by atoms with Gasteiger partial charge in [-0.05, 0) is 35.4 Å². The van der Waals surface area contributed by atoms with Crippen molar-refractivity contribution in [3.05, 3.63) is 57.6 Å². The van der Waals surface area contributed by atoms with E-state index in [9.17, 15) is 13.2 Å². The highest BCUT2D eigenvalue weighted by molar-refractivity contribution is 7.88. The highest BCUT2D eigenvalue weighted by Gasteiger charge is 2.26. The lowest BCUT2D eigenvalue weighted by molar-refractivity contribution is -0.124. The lowest BCUT2D eigenvalue weighted by Crippen LogP contribution is -2.38. The molecule has 0 aliphatic rings. The van der Waals surface area contributed by atoms with Crippen molar-refractivity contribution >= 4 is 50.7 Å². The first kappa shape index (κ1) is 30.6. The number of hydrogen-bond donors (Lipinski definition) is 0. The molecule has 0 saturated heterocycles. The van der Waals surface area contributed by atoms with Crippen LogP contribution in [-0.4, -0.2) is 50.5 Å². The standard InChI is InChI=1S/C26H34Cl3NO5S/c1-17(13-27)15-35-25-23(28)11-21(12-24(25)29)26(4,5)20-7-9-22(10-8-20)34-16-18(2)14-30(19(3)31)36(6,32)33/h7-12,17-18H,13-16H2,1-6H3/t17-,18+/m0/s1. The van der Waals surface area contributed by atoms with E-state index < -0.39 is 21.3 Å². The molecule has 0 aromatic heterocycles. The molecule has 2 aromatic rings. The molecule has 36 heavy (non-hydrogen) atoms. The number of halogens is 3. The van der Waals surface area contributed by atoms with Gasteiger partial charge in [-0.1, -0.05) is 63.0 Å². The van der Waals surface area contributed by atoms with E-state index in [1.54, 1.807) is 0 Å². The Morgan fingerprint density at radius 3 is 1.97 bits per heavy atom. The van der Waals surface area contributed by atoms with Crippen LogP contribution in [0.3, 0.4) is 0 Å². The van der Waals surface area contributed by atoms with Crippen LogP contribution in [0.15, 0.2) is 36.4 Å². The maximum atomic E-state index is 11.8. The van der Waals surface area contributed by atoms with E-state index in [1.165, 1.54) is 6.92 Å². The molecule has 1 amide bonds. The molecule has 0 unspecified atom stereocenters. The molecule has 200 valence electrons. The third-order valence-corrected chi connectivity index (χ3v) is 8.13. The smallest absolute Gasteiger partial charge is 0.234 e. The first-order valence-electron chi connectivity index (χ1n) is 11.6. The summed E-state index contributed by atoms with van der Waals surface area (Å²) in [6, 6.07) is 11.4. The van der Waals surface area contributed by atoms with Gasteiger partial charge in [-0.15, -0.1) is 11.6 Å². The molecule has 0 aliphatic heterocycles. The highest BCUT2D eigenvalue weighted by Crippen LogP contribution is 2.41. The largest absolute Gasteiger partial charge is 0.493 e. The zero-order valence-electron chi connectivity index (χ0n) is 21.5. The summed E-state index contributed by atoms with van der Waals surface area (Å²) in [6.07, 6.45) is 1.02. The predicted octanol–water partition coefficient (Wildman–Crippen LogP) is 6.40. The van der Waals surface area contributed by atoms with Crippen LogP contribution in [0.25, 0.3) is 0 Å². The molecule has 6 nitrogen and oxygen atoms in total. The minimum atomic E-state index is -3.61. The van der Waals surface area contributed by atoms with Crippen LogP contribution < -0.4 is 9.47 Å². The molecule has 0 saturated carbocycles. The van der Waals surface area contributed by atoms with Crippen LogP contribution in [0.2, 0.25) is 10.0 Å². The summed E-state index contributed by atoms with van der Waals surface area (Å²) in [7, 11) is -3.61. The molecule has 2 rings (SSSR count). The molecule has 0 heterocycles. The maximum Gasteiger partial charge on any atom is 0.234 e. The fraction of sp³-hybridized carbons (Fsp3) is 0.500. The number of nitrogens with zero attached hydrogens (tertiary/aromatic N) is 1. The van der Waals surface area contributed by atoms with Crippen LogP contribution in [0.4, 0.5) is 0 Å². The van der Waals surface area contributed by atoms with E-state index in [1.807, 2.05) is 50.2 Å². The monoisotopic (exact) mass is 577 g/mol. The first-order valence-corrected chi connectivity index (χ1v) is 14.7. The van der Waals surface area contributed by atoms with Crippen molar-refractivity contribution in [1.29, 1.82) is 0 Å². The summed E-state index contributed by atoms with van der Waals surface area (Å²) >= 11 is 18.9.